The Morgan fingerprint density at radius 1 is 1.27 bits per heavy atom. The molecule has 0 aliphatic rings. The number of sulfone groups is 1. The molecule has 0 amide bonds. The Kier molecular flexibility index (Phi) is 5.85. The molecular weight excluding hydrogens is 354 g/mol. The molecule has 0 spiro atoms. The number of benzene rings is 1. The van der Waals surface area contributed by atoms with Crippen LogP contribution in [-0.4, -0.2) is 46.5 Å². The van der Waals surface area contributed by atoms with Crippen LogP contribution >= 0.6 is 0 Å². The maximum absolute atomic E-state index is 12.6. The minimum atomic E-state index is -3.59. The largest absolute Gasteiger partial charge is 0.497 e. The minimum absolute atomic E-state index is 0.119. The van der Waals surface area contributed by atoms with Gasteiger partial charge in [0.25, 0.3) is 0 Å². The Balaban J connectivity index is 2.18. The number of aromatic amines is 1. The van der Waals surface area contributed by atoms with Crippen LogP contribution in [0.3, 0.4) is 0 Å². The zero-order valence-corrected chi connectivity index (χ0v) is 16.6. The van der Waals surface area contributed by atoms with E-state index in [9.17, 15) is 13.2 Å². The summed E-state index contributed by atoms with van der Waals surface area (Å²) in [5.41, 5.74) is 0.771. The third-order valence-electron chi connectivity index (χ3n) is 4.70. The standard InChI is InChI=1S/C18H25N3O4S/c1-6-12(2)26(23,24)18(3,4)15(22)11-16-19-17(21-20-16)13-7-9-14(25-5)10-8-13/h7-10,12H,6,11H2,1-5H3,(H,19,20,21)/t12-/m1/s1. The van der Waals surface area contributed by atoms with Crippen molar-refractivity contribution in [3.63, 3.8) is 0 Å². The number of carbonyl (C=O) groups excluding carboxylic acids is 1. The summed E-state index contributed by atoms with van der Waals surface area (Å²) < 4.78 is 28.9. The van der Waals surface area contributed by atoms with Crippen molar-refractivity contribution in [2.45, 2.75) is 50.5 Å². The smallest absolute Gasteiger partial charge is 0.181 e. The van der Waals surface area contributed by atoms with Gasteiger partial charge in [-0.05, 0) is 51.5 Å². The number of carbonyl (C=O) groups is 1. The summed E-state index contributed by atoms with van der Waals surface area (Å²) in [6, 6.07) is 7.20. The second kappa shape index (κ2) is 7.57. The van der Waals surface area contributed by atoms with E-state index in [2.05, 4.69) is 15.2 Å². The van der Waals surface area contributed by atoms with Gasteiger partial charge in [0.05, 0.1) is 18.8 Å². The van der Waals surface area contributed by atoms with E-state index in [1.165, 1.54) is 13.8 Å². The summed E-state index contributed by atoms with van der Waals surface area (Å²) in [5, 5.41) is 6.26. The molecule has 0 fully saturated rings. The van der Waals surface area contributed by atoms with E-state index in [0.29, 0.717) is 18.1 Å². The first-order valence-electron chi connectivity index (χ1n) is 8.46. The van der Waals surface area contributed by atoms with E-state index in [4.69, 9.17) is 4.74 Å². The van der Waals surface area contributed by atoms with Crippen LogP contribution in [0.25, 0.3) is 11.4 Å². The van der Waals surface area contributed by atoms with Gasteiger partial charge in [-0.25, -0.2) is 13.4 Å². The quantitative estimate of drug-likeness (QED) is 0.756. The van der Waals surface area contributed by atoms with Crippen LogP contribution in [0.4, 0.5) is 0 Å². The van der Waals surface area contributed by atoms with Crippen LogP contribution in [0.15, 0.2) is 24.3 Å². The minimum Gasteiger partial charge on any atom is -0.497 e. The van der Waals surface area contributed by atoms with Crippen LogP contribution in [-0.2, 0) is 21.1 Å². The number of Topliss-reactive ketones (excluding diaryl/α,β-unsaturated/α-hetero) is 1. The fourth-order valence-corrected chi connectivity index (χ4v) is 4.32. The predicted octanol–water partition coefficient (Wildman–Crippen LogP) is 2.58. The van der Waals surface area contributed by atoms with Crippen LogP contribution in [0.1, 0.15) is 39.9 Å². The lowest BCUT2D eigenvalue weighted by Gasteiger charge is -2.26. The Morgan fingerprint density at radius 2 is 1.88 bits per heavy atom. The molecule has 8 heteroatoms. The first-order chi connectivity index (χ1) is 12.1. The number of ketones is 1. The van der Waals surface area contributed by atoms with Crippen molar-refractivity contribution < 1.29 is 17.9 Å². The van der Waals surface area contributed by atoms with E-state index >= 15 is 0 Å². The van der Waals surface area contributed by atoms with Crippen molar-refractivity contribution in [1.82, 2.24) is 15.2 Å². The topological polar surface area (TPSA) is 102 Å². The number of ether oxygens (including phenoxy) is 1. The number of hydrogen-bond acceptors (Lipinski definition) is 6. The highest BCUT2D eigenvalue weighted by atomic mass is 32.2. The molecule has 2 aromatic rings. The highest BCUT2D eigenvalue weighted by Crippen LogP contribution is 2.26. The molecule has 26 heavy (non-hydrogen) atoms. The number of H-pyrrole nitrogens is 1. The summed E-state index contributed by atoms with van der Waals surface area (Å²) in [4.78, 5) is 17.0. The molecule has 1 aromatic carbocycles. The molecule has 2 rings (SSSR count). The second-order valence-corrected chi connectivity index (χ2v) is 9.62. The number of nitrogens with one attached hydrogen (secondary N) is 1. The molecule has 0 saturated heterocycles. The van der Waals surface area contributed by atoms with E-state index in [0.717, 1.165) is 11.3 Å². The van der Waals surface area contributed by atoms with Gasteiger partial charge in [-0.3, -0.25) is 9.89 Å². The number of rotatable bonds is 8. The van der Waals surface area contributed by atoms with Gasteiger partial charge in [-0.2, -0.15) is 5.10 Å². The lowest BCUT2D eigenvalue weighted by molar-refractivity contribution is -0.120. The van der Waals surface area contributed by atoms with Crippen LogP contribution in [0, 0.1) is 0 Å². The Labute approximate surface area is 154 Å². The third kappa shape index (κ3) is 3.80. The highest BCUT2D eigenvalue weighted by molar-refractivity contribution is 7.94. The Hall–Kier alpha value is -2.22. The SMILES string of the molecule is CC[C@@H](C)S(=O)(=O)C(C)(C)C(=O)Cc1nc(-c2ccc(OC)cc2)n[nH]1. The van der Waals surface area contributed by atoms with Crippen molar-refractivity contribution in [3.05, 3.63) is 30.1 Å². The van der Waals surface area contributed by atoms with Crippen LogP contribution in [0.5, 0.6) is 5.75 Å². The summed E-state index contributed by atoms with van der Waals surface area (Å²) in [5.74, 6) is 1.10. The number of aromatic nitrogens is 3. The lowest BCUT2D eigenvalue weighted by atomic mass is 10.1. The number of methoxy groups -OCH3 is 1. The number of nitrogens with zero attached hydrogens (tertiary/aromatic N) is 2. The zero-order chi connectivity index (χ0) is 19.5. The normalized spacial score (nSPS) is 13.4. The maximum Gasteiger partial charge on any atom is 0.181 e. The fourth-order valence-electron chi connectivity index (χ4n) is 2.49. The predicted molar refractivity (Wildman–Crippen MR) is 99.8 cm³/mol. The summed E-state index contributed by atoms with van der Waals surface area (Å²) in [7, 11) is -2.00. The highest BCUT2D eigenvalue weighted by Gasteiger charge is 2.43. The van der Waals surface area contributed by atoms with Gasteiger partial charge in [-0.15, -0.1) is 0 Å². The Morgan fingerprint density at radius 3 is 2.42 bits per heavy atom. The van der Waals surface area contributed by atoms with E-state index in [-0.39, 0.29) is 6.42 Å². The summed E-state index contributed by atoms with van der Waals surface area (Å²) in [6.07, 6.45) is 0.342. The Bertz CT molecular complexity index is 870. The molecule has 1 aromatic heterocycles. The fraction of sp³-hybridized carbons (Fsp3) is 0.500. The molecule has 0 aliphatic carbocycles. The molecule has 0 saturated carbocycles. The van der Waals surface area contributed by atoms with Gasteiger partial charge in [0, 0.05) is 5.56 Å². The average molecular weight is 379 g/mol. The van der Waals surface area contributed by atoms with Crippen molar-refractivity contribution in [2.75, 3.05) is 7.11 Å². The molecule has 0 bridgehead atoms. The second-order valence-electron chi connectivity index (χ2n) is 6.71. The molecule has 1 atom stereocenters. The molecule has 142 valence electrons. The van der Waals surface area contributed by atoms with Gasteiger partial charge < -0.3 is 4.74 Å². The lowest BCUT2D eigenvalue weighted by Crippen LogP contribution is -2.46. The van der Waals surface area contributed by atoms with Gasteiger partial charge in [0.1, 0.15) is 16.3 Å². The monoisotopic (exact) mass is 379 g/mol. The van der Waals surface area contributed by atoms with Crippen molar-refractivity contribution in [1.29, 1.82) is 0 Å². The van der Waals surface area contributed by atoms with Gasteiger partial charge >= 0.3 is 0 Å². The van der Waals surface area contributed by atoms with Crippen molar-refractivity contribution >= 4 is 15.6 Å². The number of hydrogen-bond donors (Lipinski definition) is 1. The molecule has 7 nitrogen and oxygen atoms in total. The van der Waals surface area contributed by atoms with Gasteiger partial charge in [0.15, 0.2) is 21.4 Å². The molecule has 1 heterocycles. The molecule has 0 aliphatic heterocycles. The average Bonchev–Trinajstić information content (AvgIpc) is 3.09. The van der Waals surface area contributed by atoms with E-state index < -0.39 is 25.6 Å². The van der Waals surface area contributed by atoms with Gasteiger partial charge in [0.2, 0.25) is 0 Å². The van der Waals surface area contributed by atoms with Crippen molar-refractivity contribution in [3.8, 4) is 17.1 Å². The first-order valence-corrected chi connectivity index (χ1v) is 10.0. The van der Waals surface area contributed by atoms with E-state index in [1.807, 2.05) is 12.1 Å². The zero-order valence-electron chi connectivity index (χ0n) is 15.7. The third-order valence-corrected chi connectivity index (χ3v) is 7.74. The van der Waals surface area contributed by atoms with Crippen LogP contribution < -0.4 is 4.74 Å². The van der Waals surface area contributed by atoms with Crippen LogP contribution in [0.2, 0.25) is 0 Å². The first kappa shape index (κ1) is 20.1. The molecule has 0 unspecified atom stereocenters. The van der Waals surface area contributed by atoms with E-state index in [1.54, 1.807) is 33.1 Å². The summed E-state index contributed by atoms with van der Waals surface area (Å²) in [6.45, 7) is 6.33. The maximum atomic E-state index is 12.6. The summed E-state index contributed by atoms with van der Waals surface area (Å²) >= 11 is 0. The molecular formula is C18H25N3O4S. The van der Waals surface area contributed by atoms with Gasteiger partial charge in [-0.1, -0.05) is 6.92 Å². The molecule has 1 N–H and O–H groups in total. The van der Waals surface area contributed by atoms with Crippen molar-refractivity contribution in [2.24, 2.45) is 0 Å². The molecule has 0 radical (unpaired) electrons.